The number of benzene rings is 2. The maximum absolute atomic E-state index is 5.48. The summed E-state index contributed by atoms with van der Waals surface area (Å²) in [7, 11) is 0. The van der Waals surface area contributed by atoms with Crippen molar-refractivity contribution in [2.24, 2.45) is 16.8 Å². The van der Waals surface area contributed by atoms with E-state index in [4.69, 9.17) is 10.6 Å². The van der Waals surface area contributed by atoms with Gasteiger partial charge in [0.1, 0.15) is 12.4 Å². The van der Waals surface area contributed by atoms with Crippen LogP contribution >= 0.6 is 0 Å². The fraction of sp³-hybridized carbons (Fsp3) is 0.238. The third-order valence-electron chi connectivity index (χ3n) is 4.45. The summed E-state index contributed by atoms with van der Waals surface area (Å²) < 4.78 is 2.10. The van der Waals surface area contributed by atoms with Gasteiger partial charge in [-0.05, 0) is 30.5 Å². The van der Waals surface area contributed by atoms with Crippen LogP contribution in [0.1, 0.15) is 18.4 Å². The van der Waals surface area contributed by atoms with Gasteiger partial charge >= 0.3 is 0 Å². The summed E-state index contributed by atoms with van der Waals surface area (Å²) in [5, 5.41) is 4.32. The molecule has 0 saturated heterocycles. The molecule has 0 unspecified atom stereocenters. The molecule has 0 radical (unpaired) electrons. The Kier molecular flexibility index (Phi) is 4.80. The van der Waals surface area contributed by atoms with Gasteiger partial charge in [0.25, 0.3) is 0 Å². The van der Waals surface area contributed by atoms with Gasteiger partial charge in [-0.25, -0.2) is 4.98 Å². The van der Waals surface area contributed by atoms with Crippen molar-refractivity contribution >= 4 is 5.71 Å². The second-order valence-corrected chi connectivity index (χ2v) is 6.41. The molecule has 0 amide bonds. The van der Waals surface area contributed by atoms with Crippen LogP contribution in [0, 0.1) is 5.92 Å². The van der Waals surface area contributed by atoms with E-state index in [1.807, 2.05) is 30.6 Å². The Balaban J connectivity index is 1.61. The summed E-state index contributed by atoms with van der Waals surface area (Å²) in [4.78, 5) is 9.84. The van der Waals surface area contributed by atoms with Gasteiger partial charge in [-0.3, -0.25) is 4.57 Å². The Bertz CT molecular complexity index is 880. The van der Waals surface area contributed by atoms with Crippen LogP contribution in [0.25, 0.3) is 17.1 Å². The molecule has 2 N–H and O–H groups in total. The zero-order valence-electron chi connectivity index (χ0n) is 14.6. The Morgan fingerprint density at radius 3 is 2.58 bits per heavy atom. The molecule has 132 valence electrons. The summed E-state index contributed by atoms with van der Waals surface area (Å²) >= 11 is 0. The van der Waals surface area contributed by atoms with Gasteiger partial charge in [0.2, 0.25) is 0 Å². The van der Waals surface area contributed by atoms with E-state index in [2.05, 4.69) is 51.1 Å². The van der Waals surface area contributed by atoms with Crippen molar-refractivity contribution in [2.75, 3.05) is 13.2 Å². The van der Waals surface area contributed by atoms with E-state index >= 15 is 0 Å². The van der Waals surface area contributed by atoms with Gasteiger partial charge in [0, 0.05) is 36.1 Å². The number of hydrogen-bond donors (Lipinski definition) is 1. The predicted octanol–water partition coefficient (Wildman–Crippen LogP) is 3.63. The molecular weight excluding hydrogens is 324 g/mol. The summed E-state index contributed by atoms with van der Waals surface area (Å²) in [6.07, 6.45) is 6.16. The molecule has 4 rings (SSSR count). The van der Waals surface area contributed by atoms with Crippen LogP contribution in [-0.4, -0.2) is 28.4 Å². The van der Waals surface area contributed by atoms with Gasteiger partial charge in [0.05, 0.1) is 5.71 Å². The van der Waals surface area contributed by atoms with Crippen molar-refractivity contribution in [1.29, 1.82) is 0 Å². The lowest BCUT2D eigenvalue weighted by atomic mass is 10.1. The Morgan fingerprint density at radius 2 is 1.88 bits per heavy atom. The highest BCUT2D eigenvalue weighted by atomic mass is 16.6. The first-order valence-corrected chi connectivity index (χ1v) is 8.96. The third kappa shape index (κ3) is 3.53. The highest BCUT2D eigenvalue weighted by Crippen LogP contribution is 2.34. The van der Waals surface area contributed by atoms with Crippen molar-refractivity contribution in [1.82, 2.24) is 9.55 Å². The Labute approximate surface area is 153 Å². The molecule has 0 bridgehead atoms. The smallest absolute Gasteiger partial charge is 0.144 e. The van der Waals surface area contributed by atoms with Crippen LogP contribution in [0.15, 0.2) is 72.1 Å². The molecule has 2 aromatic carbocycles. The molecular formula is C21H22N4O. The first-order valence-electron chi connectivity index (χ1n) is 8.96. The number of aromatic nitrogens is 2. The van der Waals surface area contributed by atoms with Gasteiger partial charge < -0.3 is 10.6 Å². The Hall–Kier alpha value is -2.92. The highest BCUT2D eigenvalue weighted by Gasteiger charge is 2.29. The van der Waals surface area contributed by atoms with E-state index in [-0.39, 0.29) is 0 Å². The predicted molar refractivity (Wildman–Crippen MR) is 103 cm³/mol. The maximum atomic E-state index is 5.48. The molecule has 0 spiro atoms. The number of nitrogens with zero attached hydrogens (tertiary/aromatic N) is 3. The lowest BCUT2D eigenvalue weighted by molar-refractivity contribution is 0.151. The van der Waals surface area contributed by atoms with Crippen LogP contribution in [0.2, 0.25) is 0 Å². The number of hydrogen-bond acceptors (Lipinski definition) is 4. The molecule has 26 heavy (non-hydrogen) atoms. The first-order chi connectivity index (χ1) is 12.9. The molecule has 1 aliphatic carbocycles. The van der Waals surface area contributed by atoms with Crippen molar-refractivity contribution < 1.29 is 4.84 Å². The van der Waals surface area contributed by atoms with Crippen LogP contribution in [0.5, 0.6) is 0 Å². The van der Waals surface area contributed by atoms with Crippen LogP contribution in [0.3, 0.4) is 0 Å². The van der Waals surface area contributed by atoms with Crippen LogP contribution in [-0.2, 0) is 4.84 Å². The van der Waals surface area contributed by atoms with Crippen molar-refractivity contribution in [3.05, 3.63) is 72.6 Å². The van der Waals surface area contributed by atoms with Gasteiger partial charge in [-0.1, -0.05) is 47.6 Å². The summed E-state index contributed by atoms with van der Waals surface area (Å²) in [6, 6.07) is 18.6. The molecule has 1 fully saturated rings. The first kappa shape index (κ1) is 16.5. The van der Waals surface area contributed by atoms with Gasteiger partial charge in [0.15, 0.2) is 0 Å². The molecule has 0 atom stereocenters. The van der Waals surface area contributed by atoms with E-state index in [0.717, 1.165) is 28.4 Å². The Morgan fingerprint density at radius 1 is 1.12 bits per heavy atom. The maximum Gasteiger partial charge on any atom is 0.144 e. The summed E-state index contributed by atoms with van der Waals surface area (Å²) in [5.41, 5.74) is 9.78. The largest absolute Gasteiger partial charge is 0.394 e. The summed E-state index contributed by atoms with van der Waals surface area (Å²) in [5.74, 6) is 1.44. The topological polar surface area (TPSA) is 65.4 Å². The van der Waals surface area contributed by atoms with Gasteiger partial charge in [-0.15, -0.1) is 0 Å². The second-order valence-electron chi connectivity index (χ2n) is 6.41. The number of oxime groups is 1. The van der Waals surface area contributed by atoms with E-state index < -0.39 is 0 Å². The minimum atomic E-state index is 0.448. The number of nitrogens with two attached hydrogens (primary N) is 1. The minimum Gasteiger partial charge on any atom is -0.394 e. The van der Waals surface area contributed by atoms with Crippen LogP contribution < -0.4 is 5.73 Å². The SMILES string of the molecule is NCCON=C(c1ccc(-n2ccnc2-c2ccccc2)cc1)C1CC1. The van der Waals surface area contributed by atoms with Gasteiger partial charge in [-0.2, -0.15) is 0 Å². The monoisotopic (exact) mass is 346 g/mol. The fourth-order valence-corrected chi connectivity index (χ4v) is 2.99. The standard InChI is InChI=1S/C21H22N4O/c22-12-15-26-24-20(16-6-7-16)17-8-10-19(11-9-17)25-14-13-23-21(25)18-4-2-1-3-5-18/h1-5,8-11,13-14,16H,6-7,12,15,22H2. The zero-order valence-corrected chi connectivity index (χ0v) is 14.6. The number of rotatable bonds is 7. The molecule has 1 saturated carbocycles. The average Bonchev–Trinajstić information content (AvgIpc) is 3.41. The second kappa shape index (κ2) is 7.54. The van der Waals surface area contributed by atoms with E-state index in [0.29, 0.717) is 19.1 Å². The van der Waals surface area contributed by atoms with Crippen molar-refractivity contribution in [3.63, 3.8) is 0 Å². The van der Waals surface area contributed by atoms with Crippen molar-refractivity contribution in [3.8, 4) is 17.1 Å². The molecule has 1 heterocycles. The minimum absolute atomic E-state index is 0.448. The fourth-order valence-electron chi connectivity index (χ4n) is 2.99. The molecule has 5 nitrogen and oxygen atoms in total. The quantitative estimate of drug-likeness (QED) is 0.404. The molecule has 5 heteroatoms. The third-order valence-corrected chi connectivity index (χ3v) is 4.45. The van der Waals surface area contributed by atoms with E-state index in [1.54, 1.807) is 0 Å². The zero-order chi connectivity index (χ0) is 17.8. The summed E-state index contributed by atoms with van der Waals surface area (Å²) in [6.45, 7) is 0.924. The van der Waals surface area contributed by atoms with Crippen LogP contribution in [0.4, 0.5) is 0 Å². The van der Waals surface area contributed by atoms with E-state index in [9.17, 15) is 0 Å². The molecule has 1 aliphatic rings. The highest BCUT2D eigenvalue weighted by molar-refractivity contribution is 6.03. The molecule has 0 aliphatic heterocycles. The number of imidazole rings is 1. The lowest BCUT2D eigenvalue weighted by Crippen LogP contribution is -2.09. The normalized spacial score (nSPS) is 14.4. The molecule has 3 aromatic rings. The van der Waals surface area contributed by atoms with Crippen molar-refractivity contribution in [2.45, 2.75) is 12.8 Å². The average molecular weight is 346 g/mol. The lowest BCUT2D eigenvalue weighted by Gasteiger charge is -2.10. The van der Waals surface area contributed by atoms with E-state index in [1.165, 1.54) is 12.8 Å². The molecule has 1 aromatic heterocycles.